The molecule has 1 atom stereocenters. The summed E-state index contributed by atoms with van der Waals surface area (Å²) in [6.45, 7) is 2.38. The number of hydrogen-bond acceptors (Lipinski definition) is 5. The van der Waals surface area contributed by atoms with E-state index in [1.807, 2.05) is 0 Å². The number of aliphatic imine (C=N–C) groups is 1. The van der Waals surface area contributed by atoms with Crippen molar-refractivity contribution < 1.29 is 5.11 Å². The zero-order valence-corrected chi connectivity index (χ0v) is 12.5. The standard InChI is InChI=1S/C14H22N4O3/c1-9(19)5-3-4-6-18-13(20)11-7-10(8-15)16-12(11)17(2)14(18)21/h9,19H,3-8,15H2,1-2H3/t9-/m1/s1. The average Bonchev–Trinajstić information content (AvgIpc) is 2.88. The monoisotopic (exact) mass is 294 g/mol. The fourth-order valence-electron chi connectivity index (χ4n) is 2.53. The second-order valence-corrected chi connectivity index (χ2v) is 5.50. The van der Waals surface area contributed by atoms with Gasteiger partial charge in [-0.05, 0) is 26.2 Å². The maximum atomic E-state index is 12.4. The van der Waals surface area contributed by atoms with Crippen LogP contribution in [0.3, 0.4) is 0 Å². The largest absolute Gasteiger partial charge is 0.393 e. The van der Waals surface area contributed by atoms with Gasteiger partial charge in [0.25, 0.3) is 5.56 Å². The third-order valence-corrected chi connectivity index (χ3v) is 3.74. The van der Waals surface area contributed by atoms with E-state index in [-0.39, 0.29) is 23.9 Å². The van der Waals surface area contributed by atoms with Crippen molar-refractivity contribution in [1.82, 2.24) is 9.13 Å². The van der Waals surface area contributed by atoms with Gasteiger partial charge in [0.15, 0.2) is 0 Å². The summed E-state index contributed by atoms with van der Waals surface area (Å²) in [5.74, 6) is 0.436. The molecule has 0 spiro atoms. The molecule has 0 saturated heterocycles. The van der Waals surface area contributed by atoms with Gasteiger partial charge in [-0.2, -0.15) is 0 Å². The molecule has 0 bridgehead atoms. The number of aliphatic hydroxyl groups excluding tert-OH is 1. The SMILES string of the molecule is C[C@@H](O)CCCCn1c(=O)c2c(n(C)c1=O)N=C(CN)C2. The van der Waals surface area contributed by atoms with Gasteiger partial charge < -0.3 is 10.8 Å². The number of hydrogen-bond donors (Lipinski definition) is 2. The zero-order valence-electron chi connectivity index (χ0n) is 12.5. The molecule has 0 fully saturated rings. The summed E-state index contributed by atoms with van der Waals surface area (Å²) in [6, 6.07) is 0. The van der Waals surface area contributed by atoms with Gasteiger partial charge in [0.2, 0.25) is 0 Å². The fraction of sp³-hybridized carbons (Fsp3) is 0.643. The summed E-state index contributed by atoms with van der Waals surface area (Å²) in [5.41, 5.74) is 6.22. The first-order valence-corrected chi connectivity index (χ1v) is 7.23. The number of rotatable bonds is 6. The Balaban J connectivity index is 2.25. The lowest BCUT2D eigenvalue weighted by atomic mass is 10.1. The number of aliphatic hydroxyl groups is 1. The maximum Gasteiger partial charge on any atom is 0.332 e. The summed E-state index contributed by atoms with van der Waals surface area (Å²) < 4.78 is 2.67. The number of fused-ring (bicyclic) bond motifs is 1. The first-order valence-electron chi connectivity index (χ1n) is 7.23. The highest BCUT2D eigenvalue weighted by atomic mass is 16.3. The van der Waals surface area contributed by atoms with Gasteiger partial charge in [0.05, 0.1) is 11.7 Å². The smallest absolute Gasteiger partial charge is 0.332 e. The molecule has 0 radical (unpaired) electrons. The Morgan fingerprint density at radius 3 is 2.71 bits per heavy atom. The summed E-state index contributed by atoms with van der Waals surface area (Å²) in [6.07, 6.45) is 2.19. The highest BCUT2D eigenvalue weighted by Crippen LogP contribution is 2.20. The number of nitrogens with zero attached hydrogens (tertiary/aromatic N) is 3. The molecule has 2 rings (SSSR count). The Bertz CT molecular complexity index is 670. The Labute approximate surface area is 122 Å². The third-order valence-electron chi connectivity index (χ3n) is 3.74. The van der Waals surface area contributed by atoms with E-state index < -0.39 is 0 Å². The minimum atomic E-state index is -0.356. The van der Waals surface area contributed by atoms with Crippen LogP contribution in [-0.4, -0.2) is 32.6 Å². The lowest BCUT2D eigenvalue weighted by Crippen LogP contribution is -2.40. The van der Waals surface area contributed by atoms with Gasteiger partial charge in [0.1, 0.15) is 5.82 Å². The molecular formula is C14H22N4O3. The van der Waals surface area contributed by atoms with Crippen molar-refractivity contribution >= 4 is 11.5 Å². The summed E-state index contributed by atoms with van der Waals surface area (Å²) in [4.78, 5) is 28.9. The van der Waals surface area contributed by atoms with Gasteiger partial charge >= 0.3 is 5.69 Å². The van der Waals surface area contributed by atoms with E-state index in [0.29, 0.717) is 37.2 Å². The molecule has 1 aliphatic heterocycles. The van der Waals surface area contributed by atoms with E-state index in [1.54, 1.807) is 14.0 Å². The van der Waals surface area contributed by atoms with Crippen molar-refractivity contribution in [2.24, 2.45) is 17.8 Å². The van der Waals surface area contributed by atoms with E-state index >= 15 is 0 Å². The molecular weight excluding hydrogens is 272 g/mol. The molecule has 7 nitrogen and oxygen atoms in total. The second kappa shape index (κ2) is 6.36. The molecule has 21 heavy (non-hydrogen) atoms. The Kier molecular flexibility index (Phi) is 4.74. The second-order valence-electron chi connectivity index (χ2n) is 5.50. The summed E-state index contributed by atoms with van der Waals surface area (Å²) in [5, 5.41) is 9.22. The minimum Gasteiger partial charge on any atom is -0.393 e. The van der Waals surface area contributed by atoms with Crippen LogP contribution in [0.4, 0.5) is 5.82 Å². The van der Waals surface area contributed by atoms with E-state index in [2.05, 4.69) is 4.99 Å². The normalized spacial score (nSPS) is 15.0. The predicted molar refractivity (Wildman–Crippen MR) is 81.3 cm³/mol. The van der Waals surface area contributed by atoms with Gasteiger partial charge in [-0.25, -0.2) is 9.79 Å². The molecule has 0 amide bonds. The van der Waals surface area contributed by atoms with Crippen molar-refractivity contribution in [2.45, 2.75) is 45.3 Å². The van der Waals surface area contributed by atoms with E-state index in [0.717, 1.165) is 12.1 Å². The molecule has 0 saturated carbocycles. The quantitative estimate of drug-likeness (QED) is 0.702. The highest BCUT2D eigenvalue weighted by molar-refractivity contribution is 5.94. The van der Waals surface area contributed by atoms with Crippen LogP contribution in [0.1, 0.15) is 31.7 Å². The molecule has 1 aromatic rings. The topological polar surface area (TPSA) is 103 Å². The van der Waals surface area contributed by atoms with Crippen molar-refractivity contribution in [3.05, 3.63) is 26.4 Å². The van der Waals surface area contributed by atoms with Crippen molar-refractivity contribution in [2.75, 3.05) is 6.54 Å². The number of nitrogens with two attached hydrogens (primary N) is 1. The van der Waals surface area contributed by atoms with Crippen LogP contribution in [0.15, 0.2) is 14.6 Å². The highest BCUT2D eigenvalue weighted by Gasteiger charge is 2.22. The lowest BCUT2D eigenvalue weighted by molar-refractivity contribution is 0.180. The minimum absolute atomic E-state index is 0.266. The van der Waals surface area contributed by atoms with Crippen LogP contribution in [0.2, 0.25) is 0 Å². The van der Waals surface area contributed by atoms with Gasteiger partial charge in [-0.15, -0.1) is 0 Å². The molecule has 2 heterocycles. The molecule has 0 aliphatic carbocycles. The van der Waals surface area contributed by atoms with Crippen molar-refractivity contribution in [3.63, 3.8) is 0 Å². The van der Waals surface area contributed by atoms with Crippen LogP contribution in [0.25, 0.3) is 0 Å². The molecule has 0 unspecified atom stereocenters. The van der Waals surface area contributed by atoms with Gasteiger partial charge in [0, 0.05) is 32.3 Å². The Morgan fingerprint density at radius 1 is 1.38 bits per heavy atom. The van der Waals surface area contributed by atoms with Crippen LogP contribution in [-0.2, 0) is 20.0 Å². The molecule has 3 N–H and O–H groups in total. The summed E-state index contributed by atoms with van der Waals surface area (Å²) >= 11 is 0. The predicted octanol–water partition coefficient (Wildman–Crippen LogP) is -0.315. The molecule has 1 aliphatic rings. The average molecular weight is 294 g/mol. The molecule has 116 valence electrons. The Hall–Kier alpha value is -1.73. The Morgan fingerprint density at radius 2 is 2.10 bits per heavy atom. The van der Waals surface area contributed by atoms with Crippen LogP contribution in [0, 0.1) is 0 Å². The lowest BCUT2D eigenvalue weighted by Gasteiger charge is -2.11. The van der Waals surface area contributed by atoms with E-state index in [9.17, 15) is 14.7 Å². The third kappa shape index (κ3) is 3.14. The molecule has 0 aromatic carbocycles. The summed E-state index contributed by atoms with van der Waals surface area (Å²) in [7, 11) is 1.62. The number of unbranched alkanes of at least 4 members (excludes halogenated alkanes) is 1. The first-order chi connectivity index (χ1) is 9.95. The van der Waals surface area contributed by atoms with Crippen LogP contribution >= 0.6 is 0 Å². The van der Waals surface area contributed by atoms with E-state index in [1.165, 1.54) is 9.13 Å². The fourth-order valence-corrected chi connectivity index (χ4v) is 2.53. The zero-order chi connectivity index (χ0) is 15.6. The van der Waals surface area contributed by atoms with E-state index in [4.69, 9.17) is 5.73 Å². The molecule has 7 heteroatoms. The number of aromatic nitrogens is 2. The maximum absolute atomic E-state index is 12.4. The first kappa shape index (κ1) is 15.7. The van der Waals surface area contributed by atoms with Gasteiger partial charge in [-0.3, -0.25) is 13.9 Å². The van der Waals surface area contributed by atoms with Gasteiger partial charge in [-0.1, -0.05) is 0 Å². The molecule has 1 aromatic heterocycles. The van der Waals surface area contributed by atoms with Crippen LogP contribution in [0.5, 0.6) is 0 Å². The van der Waals surface area contributed by atoms with Crippen LogP contribution < -0.4 is 17.0 Å². The van der Waals surface area contributed by atoms with Crippen molar-refractivity contribution in [3.8, 4) is 0 Å². The van der Waals surface area contributed by atoms with Crippen molar-refractivity contribution in [1.29, 1.82) is 0 Å².